The second-order valence-corrected chi connectivity index (χ2v) is 5.97. The van der Waals surface area contributed by atoms with Crippen molar-refractivity contribution in [1.82, 2.24) is 4.31 Å². The molecule has 8 heteroatoms. The van der Waals surface area contributed by atoms with Gasteiger partial charge in [0.2, 0.25) is 10.0 Å². The van der Waals surface area contributed by atoms with Gasteiger partial charge in [-0.2, -0.15) is 4.31 Å². The van der Waals surface area contributed by atoms with Crippen molar-refractivity contribution >= 4 is 21.7 Å². The van der Waals surface area contributed by atoms with Crippen LogP contribution in [0.5, 0.6) is 0 Å². The first kappa shape index (κ1) is 16.4. The Labute approximate surface area is 117 Å². The zero-order chi connectivity index (χ0) is 15.3. The number of rotatable bonds is 6. The number of anilines is 1. The SMILES string of the molecule is CCCN(CC(=O)OC)S(=O)(=O)c1cccc(F)c1N. The van der Waals surface area contributed by atoms with Crippen molar-refractivity contribution in [3.05, 3.63) is 24.0 Å². The molecular weight excluding hydrogens is 287 g/mol. The van der Waals surface area contributed by atoms with Gasteiger partial charge in [0, 0.05) is 6.54 Å². The zero-order valence-electron chi connectivity index (χ0n) is 11.3. The van der Waals surface area contributed by atoms with E-state index in [0.717, 1.165) is 17.5 Å². The quantitative estimate of drug-likeness (QED) is 0.625. The molecule has 0 aliphatic heterocycles. The molecule has 1 aromatic rings. The van der Waals surface area contributed by atoms with E-state index in [-0.39, 0.29) is 11.4 Å². The van der Waals surface area contributed by atoms with Crippen LogP contribution in [-0.4, -0.2) is 38.9 Å². The molecule has 0 fully saturated rings. The summed E-state index contributed by atoms with van der Waals surface area (Å²) in [6.45, 7) is 1.42. The van der Waals surface area contributed by atoms with Crippen molar-refractivity contribution in [1.29, 1.82) is 0 Å². The maximum absolute atomic E-state index is 13.4. The Morgan fingerprint density at radius 1 is 1.45 bits per heavy atom. The summed E-state index contributed by atoms with van der Waals surface area (Å²) in [6, 6.07) is 3.52. The van der Waals surface area contributed by atoms with Crippen molar-refractivity contribution in [3.63, 3.8) is 0 Å². The van der Waals surface area contributed by atoms with E-state index < -0.39 is 34.0 Å². The smallest absolute Gasteiger partial charge is 0.321 e. The molecule has 6 nitrogen and oxygen atoms in total. The van der Waals surface area contributed by atoms with E-state index in [4.69, 9.17) is 5.73 Å². The number of nitrogens with two attached hydrogens (primary N) is 1. The highest BCUT2D eigenvalue weighted by Gasteiger charge is 2.28. The van der Waals surface area contributed by atoms with Gasteiger partial charge in [0.15, 0.2) is 0 Å². The largest absolute Gasteiger partial charge is 0.468 e. The molecule has 0 aliphatic carbocycles. The van der Waals surface area contributed by atoms with Gasteiger partial charge in [-0.3, -0.25) is 4.79 Å². The zero-order valence-corrected chi connectivity index (χ0v) is 12.1. The summed E-state index contributed by atoms with van der Waals surface area (Å²) in [5.74, 6) is -1.52. The van der Waals surface area contributed by atoms with Crippen LogP contribution < -0.4 is 5.73 Å². The van der Waals surface area contributed by atoms with Gasteiger partial charge < -0.3 is 10.5 Å². The Morgan fingerprint density at radius 2 is 2.10 bits per heavy atom. The second kappa shape index (κ2) is 6.67. The lowest BCUT2D eigenvalue weighted by molar-refractivity contribution is -0.140. The fourth-order valence-electron chi connectivity index (χ4n) is 1.62. The maximum Gasteiger partial charge on any atom is 0.321 e. The number of hydrogen-bond donors (Lipinski definition) is 1. The fourth-order valence-corrected chi connectivity index (χ4v) is 3.23. The van der Waals surface area contributed by atoms with Crippen LogP contribution in [0.2, 0.25) is 0 Å². The highest BCUT2D eigenvalue weighted by molar-refractivity contribution is 7.89. The Bertz CT molecular complexity index is 589. The van der Waals surface area contributed by atoms with E-state index in [0.29, 0.717) is 6.42 Å². The number of hydrogen-bond acceptors (Lipinski definition) is 5. The number of sulfonamides is 1. The number of esters is 1. The average molecular weight is 304 g/mol. The third-order valence-corrected chi connectivity index (χ3v) is 4.54. The molecule has 0 atom stereocenters. The number of carbonyl (C=O) groups is 1. The molecule has 20 heavy (non-hydrogen) atoms. The molecule has 0 amide bonds. The third kappa shape index (κ3) is 3.45. The first-order chi connectivity index (χ1) is 9.34. The Balaban J connectivity index is 3.22. The summed E-state index contributed by atoms with van der Waals surface area (Å²) in [5.41, 5.74) is 5.01. The van der Waals surface area contributed by atoms with Gasteiger partial charge >= 0.3 is 5.97 Å². The van der Waals surface area contributed by atoms with Gasteiger partial charge in [0.1, 0.15) is 17.3 Å². The summed E-state index contributed by atoms with van der Waals surface area (Å²) in [6.07, 6.45) is 0.492. The maximum atomic E-state index is 13.4. The lowest BCUT2D eigenvalue weighted by Crippen LogP contribution is -2.37. The molecule has 1 rings (SSSR count). The van der Waals surface area contributed by atoms with E-state index in [2.05, 4.69) is 4.74 Å². The molecule has 1 aromatic carbocycles. The predicted molar refractivity (Wildman–Crippen MR) is 71.9 cm³/mol. The number of halogens is 1. The monoisotopic (exact) mass is 304 g/mol. The van der Waals surface area contributed by atoms with Crippen molar-refractivity contribution in [2.75, 3.05) is 25.9 Å². The molecule has 0 saturated carbocycles. The second-order valence-electron chi connectivity index (χ2n) is 4.07. The number of carbonyl (C=O) groups excluding carboxylic acids is 1. The molecular formula is C12H17FN2O4S. The summed E-state index contributed by atoms with van der Waals surface area (Å²) in [5, 5.41) is 0. The number of para-hydroxylation sites is 1. The molecule has 0 radical (unpaired) electrons. The minimum Gasteiger partial charge on any atom is -0.468 e. The van der Waals surface area contributed by atoms with E-state index in [1.807, 2.05) is 0 Å². The average Bonchev–Trinajstić information content (AvgIpc) is 2.40. The highest BCUT2D eigenvalue weighted by atomic mass is 32.2. The van der Waals surface area contributed by atoms with Crippen LogP contribution >= 0.6 is 0 Å². The van der Waals surface area contributed by atoms with Crippen LogP contribution in [-0.2, 0) is 19.6 Å². The van der Waals surface area contributed by atoms with Crippen LogP contribution in [0.25, 0.3) is 0 Å². The standard InChI is InChI=1S/C12H17FN2O4S/c1-3-7-15(8-11(16)19-2)20(17,18)10-6-4-5-9(13)12(10)14/h4-6H,3,7-8,14H2,1-2H3. The van der Waals surface area contributed by atoms with Crippen LogP contribution in [0.15, 0.2) is 23.1 Å². The number of methoxy groups -OCH3 is 1. The van der Waals surface area contributed by atoms with Crippen molar-refractivity contribution < 1.29 is 22.3 Å². The fraction of sp³-hybridized carbons (Fsp3) is 0.417. The minimum atomic E-state index is -4.05. The molecule has 0 unspecified atom stereocenters. The summed E-state index contributed by atoms with van der Waals surface area (Å²) >= 11 is 0. The number of ether oxygens (including phenoxy) is 1. The highest BCUT2D eigenvalue weighted by Crippen LogP contribution is 2.24. The van der Waals surface area contributed by atoms with Crippen LogP contribution in [0, 0.1) is 5.82 Å². The van der Waals surface area contributed by atoms with Crippen molar-refractivity contribution in [2.45, 2.75) is 18.2 Å². The van der Waals surface area contributed by atoms with Gasteiger partial charge in [-0.15, -0.1) is 0 Å². The van der Waals surface area contributed by atoms with E-state index in [1.54, 1.807) is 6.92 Å². The molecule has 0 heterocycles. The summed E-state index contributed by atoms with van der Waals surface area (Å²) < 4.78 is 43.6. The van der Waals surface area contributed by atoms with Crippen LogP contribution in [0.3, 0.4) is 0 Å². The van der Waals surface area contributed by atoms with Gasteiger partial charge in [-0.05, 0) is 18.6 Å². The topological polar surface area (TPSA) is 89.7 Å². The number of benzene rings is 1. The third-order valence-electron chi connectivity index (χ3n) is 2.64. The lowest BCUT2D eigenvalue weighted by atomic mass is 10.3. The lowest BCUT2D eigenvalue weighted by Gasteiger charge is -2.21. The molecule has 2 N–H and O–H groups in total. The van der Waals surface area contributed by atoms with Crippen molar-refractivity contribution in [3.8, 4) is 0 Å². The normalized spacial score (nSPS) is 11.6. The van der Waals surface area contributed by atoms with Gasteiger partial charge in [-0.1, -0.05) is 13.0 Å². The molecule has 0 saturated heterocycles. The number of nitrogens with zero attached hydrogens (tertiary/aromatic N) is 1. The van der Waals surface area contributed by atoms with E-state index in [1.165, 1.54) is 12.1 Å². The first-order valence-corrected chi connectivity index (χ1v) is 7.39. The van der Waals surface area contributed by atoms with Gasteiger partial charge in [0.05, 0.1) is 12.8 Å². The minimum absolute atomic E-state index is 0.105. The molecule has 0 spiro atoms. The number of nitrogen functional groups attached to an aromatic ring is 1. The molecule has 0 bridgehead atoms. The van der Waals surface area contributed by atoms with Crippen LogP contribution in [0.4, 0.5) is 10.1 Å². The predicted octanol–water partition coefficient (Wildman–Crippen LogP) is 0.982. The van der Waals surface area contributed by atoms with Gasteiger partial charge in [0.25, 0.3) is 0 Å². The van der Waals surface area contributed by atoms with Crippen LogP contribution in [0.1, 0.15) is 13.3 Å². The van der Waals surface area contributed by atoms with Crippen molar-refractivity contribution in [2.24, 2.45) is 0 Å². The Morgan fingerprint density at radius 3 is 2.65 bits per heavy atom. The summed E-state index contributed by atoms with van der Waals surface area (Å²) in [4.78, 5) is 10.9. The van der Waals surface area contributed by atoms with Gasteiger partial charge in [-0.25, -0.2) is 12.8 Å². The Hall–Kier alpha value is -1.67. The van der Waals surface area contributed by atoms with E-state index >= 15 is 0 Å². The first-order valence-electron chi connectivity index (χ1n) is 5.95. The summed E-state index contributed by atoms with van der Waals surface area (Å²) in [7, 11) is -2.89. The molecule has 112 valence electrons. The Kier molecular flexibility index (Phi) is 5.46. The molecule has 0 aromatic heterocycles. The molecule has 0 aliphatic rings. The van der Waals surface area contributed by atoms with E-state index in [9.17, 15) is 17.6 Å².